The molecule has 1 atom stereocenters. The van der Waals surface area contributed by atoms with E-state index in [1.807, 2.05) is 42.8 Å². The molecule has 0 aliphatic carbocycles. The van der Waals surface area contributed by atoms with Crippen LogP contribution in [0.2, 0.25) is 0 Å². The van der Waals surface area contributed by atoms with Gasteiger partial charge in [-0.3, -0.25) is 4.79 Å². The molecule has 1 aromatic carbocycles. The van der Waals surface area contributed by atoms with Crippen LogP contribution in [-0.2, 0) is 16.6 Å². The molecule has 2 N–H and O–H groups in total. The Morgan fingerprint density at radius 1 is 1.35 bits per heavy atom. The minimum Gasteiger partial charge on any atom is -0.384 e. The predicted octanol–water partition coefficient (Wildman–Crippen LogP) is 2.61. The summed E-state index contributed by atoms with van der Waals surface area (Å²) in [4.78, 5) is 17.6. The number of methoxy groups -OCH3 is 1. The lowest BCUT2D eigenvalue weighted by atomic mass is 9.78. The summed E-state index contributed by atoms with van der Waals surface area (Å²) in [6, 6.07) is 7.86. The zero-order valence-electron chi connectivity index (χ0n) is 15.4. The zero-order valence-corrected chi connectivity index (χ0v) is 17.1. The monoisotopic (exact) mass is 402 g/mol. The van der Waals surface area contributed by atoms with Gasteiger partial charge in [0.1, 0.15) is 5.82 Å². The van der Waals surface area contributed by atoms with Crippen molar-refractivity contribution >= 4 is 41.8 Å². The Morgan fingerprint density at radius 2 is 2.00 bits per heavy atom. The molecule has 3 rings (SSSR count). The van der Waals surface area contributed by atoms with Crippen LogP contribution in [0.15, 0.2) is 24.3 Å². The molecular formula is C18H28Cl2N4O2. The van der Waals surface area contributed by atoms with Crippen LogP contribution in [0.1, 0.15) is 31.6 Å². The zero-order chi connectivity index (χ0) is 17.2. The molecule has 6 nitrogen and oxygen atoms in total. The number of para-hydroxylation sites is 2. The van der Waals surface area contributed by atoms with Gasteiger partial charge in [0.2, 0.25) is 5.91 Å². The minimum absolute atomic E-state index is 0. The highest BCUT2D eigenvalue weighted by molar-refractivity contribution is 5.85. The highest BCUT2D eigenvalue weighted by atomic mass is 35.5. The Bertz CT molecular complexity index is 724. The summed E-state index contributed by atoms with van der Waals surface area (Å²) in [5, 5.41) is 6.48. The first-order valence-corrected chi connectivity index (χ1v) is 8.49. The lowest BCUT2D eigenvalue weighted by molar-refractivity contribution is -0.137. The number of benzene rings is 1. The number of ether oxygens (including phenoxy) is 1. The molecule has 26 heavy (non-hydrogen) atoms. The number of aromatic nitrogens is 2. The number of piperidine rings is 1. The Kier molecular flexibility index (Phi) is 8.34. The van der Waals surface area contributed by atoms with Crippen molar-refractivity contribution in [3.05, 3.63) is 30.1 Å². The Hall–Kier alpha value is -1.34. The number of rotatable bonds is 5. The number of hydrogen-bond acceptors (Lipinski definition) is 4. The summed E-state index contributed by atoms with van der Waals surface area (Å²) in [6.07, 6.45) is 1.59. The second-order valence-electron chi connectivity index (χ2n) is 6.68. The predicted molar refractivity (Wildman–Crippen MR) is 108 cm³/mol. The molecule has 1 aliphatic rings. The summed E-state index contributed by atoms with van der Waals surface area (Å²) in [5.41, 5.74) is 1.57. The molecule has 8 heteroatoms. The van der Waals surface area contributed by atoms with Crippen LogP contribution < -0.4 is 10.6 Å². The molecule has 1 aliphatic heterocycles. The maximum Gasteiger partial charge on any atom is 0.229 e. The fourth-order valence-corrected chi connectivity index (χ4v) is 3.58. The van der Waals surface area contributed by atoms with Crippen LogP contribution in [0.3, 0.4) is 0 Å². The van der Waals surface area contributed by atoms with Gasteiger partial charge in [0.25, 0.3) is 0 Å². The highest BCUT2D eigenvalue weighted by Crippen LogP contribution is 2.30. The van der Waals surface area contributed by atoms with Gasteiger partial charge in [-0.25, -0.2) is 4.98 Å². The average molecular weight is 403 g/mol. The average Bonchev–Trinajstić information content (AvgIpc) is 2.93. The Balaban J connectivity index is 0.00000169. The number of halogens is 2. The van der Waals surface area contributed by atoms with E-state index in [1.54, 1.807) is 7.11 Å². The Morgan fingerprint density at radius 3 is 2.62 bits per heavy atom. The van der Waals surface area contributed by atoms with Crippen molar-refractivity contribution in [3.63, 3.8) is 0 Å². The number of nitrogens with one attached hydrogen (secondary N) is 2. The van der Waals surface area contributed by atoms with Crippen LogP contribution in [0.4, 0.5) is 0 Å². The normalized spacial score (nSPS) is 17.0. The van der Waals surface area contributed by atoms with Gasteiger partial charge in [0.15, 0.2) is 0 Å². The second-order valence-corrected chi connectivity index (χ2v) is 6.68. The van der Waals surface area contributed by atoms with Crippen LogP contribution in [0.5, 0.6) is 0 Å². The van der Waals surface area contributed by atoms with Gasteiger partial charge >= 0.3 is 0 Å². The van der Waals surface area contributed by atoms with Crippen molar-refractivity contribution in [1.29, 1.82) is 0 Å². The third-order valence-corrected chi connectivity index (χ3v) is 5.02. The van der Waals surface area contributed by atoms with E-state index in [2.05, 4.69) is 15.6 Å². The summed E-state index contributed by atoms with van der Waals surface area (Å²) >= 11 is 0. The number of hydrogen-bond donors (Lipinski definition) is 2. The van der Waals surface area contributed by atoms with Gasteiger partial charge < -0.3 is 19.9 Å². The van der Waals surface area contributed by atoms with E-state index in [0.29, 0.717) is 6.61 Å². The number of imidazole rings is 1. The molecule has 2 heterocycles. The molecule has 0 radical (unpaired) electrons. The Labute approximate surface area is 166 Å². The second kappa shape index (κ2) is 9.55. The number of fused-ring (bicyclic) bond motifs is 1. The fourth-order valence-electron chi connectivity index (χ4n) is 3.58. The first kappa shape index (κ1) is 22.7. The first-order valence-electron chi connectivity index (χ1n) is 8.49. The van der Waals surface area contributed by atoms with E-state index >= 15 is 0 Å². The van der Waals surface area contributed by atoms with Crippen molar-refractivity contribution in [2.45, 2.75) is 25.8 Å². The molecule has 146 valence electrons. The maximum absolute atomic E-state index is 13.0. The van der Waals surface area contributed by atoms with Crippen molar-refractivity contribution in [1.82, 2.24) is 20.2 Å². The van der Waals surface area contributed by atoms with E-state index in [1.165, 1.54) is 0 Å². The lowest BCUT2D eigenvalue weighted by Crippen LogP contribution is -2.50. The van der Waals surface area contributed by atoms with Crippen molar-refractivity contribution in [3.8, 4) is 0 Å². The minimum atomic E-state index is -0.446. The number of carbonyl (C=O) groups excluding carboxylic acids is 1. The summed E-state index contributed by atoms with van der Waals surface area (Å²) in [6.45, 7) is 4.13. The van der Waals surface area contributed by atoms with Crippen molar-refractivity contribution < 1.29 is 9.53 Å². The molecule has 0 saturated carbocycles. The van der Waals surface area contributed by atoms with Gasteiger partial charge in [-0.15, -0.1) is 24.8 Å². The molecule has 1 fully saturated rings. The lowest BCUT2D eigenvalue weighted by Gasteiger charge is -2.36. The van der Waals surface area contributed by atoms with E-state index in [-0.39, 0.29) is 36.8 Å². The highest BCUT2D eigenvalue weighted by Gasteiger charge is 2.40. The van der Waals surface area contributed by atoms with Gasteiger partial charge in [-0.05, 0) is 45.0 Å². The smallest absolute Gasteiger partial charge is 0.229 e. The summed E-state index contributed by atoms with van der Waals surface area (Å²) < 4.78 is 7.40. The van der Waals surface area contributed by atoms with E-state index < -0.39 is 5.41 Å². The van der Waals surface area contributed by atoms with E-state index in [4.69, 9.17) is 4.74 Å². The van der Waals surface area contributed by atoms with Crippen molar-refractivity contribution in [2.24, 2.45) is 12.5 Å². The van der Waals surface area contributed by atoms with E-state index in [0.717, 1.165) is 42.8 Å². The molecule has 1 amide bonds. The number of carbonyl (C=O) groups is 1. The standard InChI is InChI=1S/C18H26N4O2.2ClH/c1-13(16-21-14-6-4-5-7-15(14)22(16)2)20-17(23)18(12-24-3)8-10-19-11-9-18;;/h4-7,13,19H,8-12H2,1-3H3,(H,20,23);2*1H. The number of aryl methyl sites for hydroxylation is 1. The van der Waals surface area contributed by atoms with Gasteiger partial charge in [0, 0.05) is 14.2 Å². The third-order valence-electron chi connectivity index (χ3n) is 5.02. The molecule has 0 spiro atoms. The summed E-state index contributed by atoms with van der Waals surface area (Å²) in [5.74, 6) is 0.927. The summed E-state index contributed by atoms with van der Waals surface area (Å²) in [7, 11) is 3.65. The van der Waals surface area contributed by atoms with Crippen molar-refractivity contribution in [2.75, 3.05) is 26.8 Å². The quantitative estimate of drug-likeness (QED) is 0.806. The van der Waals surface area contributed by atoms with Gasteiger partial charge in [-0.1, -0.05) is 12.1 Å². The van der Waals surface area contributed by atoms with Crippen LogP contribution in [0.25, 0.3) is 11.0 Å². The van der Waals surface area contributed by atoms with Gasteiger partial charge in [0.05, 0.1) is 29.1 Å². The van der Waals surface area contributed by atoms with Crippen LogP contribution in [0, 0.1) is 5.41 Å². The van der Waals surface area contributed by atoms with E-state index in [9.17, 15) is 4.79 Å². The molecule has 1 saturated heterocycles. The number of amides is 1. The van der Waals surface area contributed by atoms with Crippen LogP contribution >= 0.6 is 24.8 Å². The number of nitrogens with zero attached hydrogens (tertiary/aromatic N) is 2. The fraction of sp³-hybridized carbons (Fsp3) is 0.556. The topological polar surface area (TPSA) is 68.2 Å². The SMILES string of the molecule is COCC1(C(=O)NC(C)c2nc3ccccc3n2C)CCNCC1.Cl.Cl. The maximum atomic E-state index is 13.0. The third kappa shape index (κ3) is 4.31. The van der Waals surface area contributed by atoms with Gasteiger partial charge in [-0.2, -0.15) is 0 Å². The molecule has 0 bridgehead atoms. The molecule has 2 aromatic rings. The van der Waals surface area contributed by atoms with Crippen LogP contribution in [-0.4, -0.2) is 42.3 Å². The first-order chi connectivity index (χ1) is 11.6. The molecule has 1 aromatic heterocycles. The largest absolute Gasteiger partial charge is 0.384 e. The molecular weight excluding hydrogens is 375 g/mol. The molecule has 1 unspecified atom stereocenters.